The molecule has 0 aliphatic carbocycles. The van der Waals surface area contributed by atoms with Gasteiger partial charge in [-0.2, -0.15) is 0 Å². The maximum absolute atomic E-state index is 12.4. The van der Waals surface area contributed by atoms with Gasteiger partial charge in [0.15, 0.2) is 0 Å². The van der Waals surface area contributed by atoms with Gasteiger partial charge in [0.25, 0.3) is 0 Å². The molecule has 0 saturated carbocycles. The molecule has 22 heavy (non-hydrogen) atoms. The molecule has 1 N–H and O–H groups in total. The van der Waals surface area contributed by atoms with E-state index < -0.39 is 0 Å². The molecule has 0 aromatic heterocycles. The maximum atomic E-state index is 12.4. The maximum Gasteiger partial charge on any atom is 0.227 e. The number of aliphatic hydroxyl groups is 1. The number of carbonyl (C=O) groups excluding carboxylic acids is 1. The average molecular weight is 306 g/mol. The summed E-state index contributed by atoms with van der Waals surface area (Å²) >= 11 is 0. The molecule has 0 unspecified atom stereocenters. The molecule has 1 fully saturated rings. The summed E-state index contributed by atoms with van der Waals surface area (Å²) in [4.78, 5) is 16.5. The highest BCUT2D eigenvalue weighted by Gasteiger charge is 2.20. The quantitative estimate of drug-likeness (QED) is 0.821. The lowest BCUT2D eigenvalue weighted by Gasteiger charge is -2.34. The summed E-state index contributed by atoms with van der Waals surface area (Å²) in [6, 6.07) is 7.79. The number of hydrogen-bond donors (Lipinski definition) is 1. The molecule has 5 heteroatoms. The molecule has 1 aliphatic heterocycles. The van der Waals surface area contributed by atoms with Crippen molar-refractivity contribution in [3.63, 3.8) is 0 Å². The van der Waals surface area contributed by atoms with E-state index >= 15 is 0 Å². The Bertz CT molecular complexity index is 471. The van der Waals surface area contributed by atoms with Gasteiger partial charge in [0.05, 0.1) is 19.6 Å². The summed E-state index contributed by atoms with van der Waals surface area (Å²) in [5, 5.41) is 8.94. The van der Waals surface area contributed by atoms with Crippen LogP contribution >= 0.6 is 0 Å². The molecule has 2 rings (SSSR count). The van der Waals surface area contributed by atoms with Crippen molar-refractivity contribution >= 4 is 5.91 Å². The summed E-state index contributed by atoms with van der Waals surface area (Å²) in [5.41, 5.74) is 0.997. The average Bonchev–Trinajstić information content (AvgIpc) is 2.54. The number of β-amino-alcohol motifs (C(OH)–C–C–N with tert-alkyl or cyclic N) is 1. The van der Waals surface area contributed by atoms with Crippen LogP contribution in [0.15, 0.2) is 24.3 Å². The van der Waals surface area contributed by atoms with Crippen molar-refractivity contribution < 1.29 is 14.6 Å². The van der Waals surface area contributed by atoms with Gasteiger partial charge in [-0.3, -0.25) is 9.69 Å². The minimum atomic E-state index is 0.163. The normalized spacial score (nSPS) is 15.8. The first kappa shape index (κ1) is 16.8. The highest BCUT2D eigenvalue weighted by atomic mass is 16.5. The molecular weight excluding hydrogens is 280 g/mol. The highest BCUT2D eigenvalue weighted by Crippen LogP contribution is 2.15. The lowest BCUT2D eigenvalue weighted by molar-refractivity contribution is -0.132. The fraction of sp³-hybridized carbons (Fsp3) is 0.588. The Balaban J connectivity index is 1.84. The van der Waals surface area contributed by atoms with Gasteiger partial charge in [0.2, 0.25) is 5.91 Å². The van der Waals surface area contributed by atoms with E-state index in [1.807, 2.05) is 29.2 Å². The predicted octanol–water partition coefficient (Wildman–Crippen LogP) is 1.15. The minimum Gasteiger partial charge on any atom is -0.494 e. The summed E-state index contributed by atoms with van der Waals surface area (Å²) in [6.07, 6.45) is 1.39. The lowest BCUT2D eigenvalue weighted by Crippen LogP contribution is -2.49. The summed E-state index contributed by atoms with van der Waals surface area (Å²) in [7, 11) is 0. The number of ether oxygens (including phenoxy) is 1. The largest absolute Gasteiger partial charge is 0.494 e. The molecule has 1 aromatic rings. The molecule has 122 valence electrons. The molecule has 5 nitrogen and oxygen atoms in total. The van der Waals surface area contributed by atoms with Gasteiger partial charge in [-0.1, -0.05) is 19.1 Å². The van der Waals surface area contributed by atoms with Gasteiger partial charge < -0.3 is 14.7 Å². The molecule has 0 bridgehead atoms. The smallest absolute Gasteiger partial charge is 0.227 e. The number of rotatable bonds is 7. The van der Waals surface area contributed by atoms with Crippen LogP contribution in [0.25, 0.3) is 0 Å². The number of piperazine rings is 1. The van der Waals surface area contributed by atoms with Gasteiger partial charge in [-0.15, -0.1) is 0 Å². The van der Waals surface area contributed by atoms with Gasteiger partial charge in [0.1, 0.15) is 5.75 Å². The molecule has 1 aliphatic rings. The van der Waals surface area contributed by atoms with E-state index in [1.54, 1.807) is 0 Å². The third-order valence-electron chi connectivity index (χ3n) is 3.87. The minimum absolute atomic E-state index is 0.163. The Morgan fingerprint density at radius 3 is 2.73 bits per heavy atom. The van der Waals surface area contributed by atoms with Crippen molar-refractivity contribution in [3.8, 4) is 5.75 Å². The Morgan fingerprint density at radius 1 is 1.27 bits per heavy atom. The Morgan fingerprint density at radius 2 is 2.05 bits per heavy atom. The molecular formula is C17H26N2O3. The van der Waals surface area contributed by atoms with E-state index in [2.05, 4.69) is 11.8 Å². The second-order valence-electron chi connectivity index (χ2n) is 5.62. The first-order valence-electron chi connectivity index (χ1n) is 8.05. The number of nitrogens with zero attached hydrogens (tertiary/aromatic N) is 2. The van der Waals surface area contributed by atoms with Crippen molar-refractivity contribution in [1.82, 2.24) is 9.80 Å². The van der Waals surface area contributed by atoms with Crippen LogP contribution in [0.2, 0.25) is 0 Å². The Kier molecular flexibility index (Phi) is 6.68. The third-order valence-corrected chi connectivity index (χ3v) is 3.87. The number of hydrogen-bond acceptors (Lipinski definition) is 4. The van der Waals surface area contributed by atoms with Crippen molar-refractivity contribution in [2.75, 3.05) is 45.9 Å². The van der Waals surface area contributed by atoms with Crippen LogP contribution in [0.4, 0.5) is 0 Å². The zero-order valence-corrected chi connectivity index (χ0v) is 13.3. The molecule has 0 radical (unpaired) electrons. The summed E-state index contributed by atoms with van der Waals surface area (Å²) in [5.74, 6) is 0.996. The van der Waals surface area contributed by atoms with Crippen molar-refractivity contribution in [2.45, 2.75) is 19.8 Å². The summed E-state index contributed by atoms with van der Waals surface area (Å²) < 4.78 is 5.61. The first-order valence-corrected chi connectivity index (χ1v) is 8.05. The fourth-order valence-corrected chi connectivity index (χ4v) is 2.61. The standard InChI is InChI=1S/C17H26N2O3/c1-2-12-22-16-5-3-4-15(13-16)14-17(21)19-8-6-18(7-9-19)10-11-20/h3-5,13,20H,2,6-12,14H2,1H3. The van der Waals surface area contributed by atoms with Gasteiger partial charge >= 0.3 is 0 Å². The highest BCUT2D eigenvalue weighted by molar-refractivity contribution is 5.79. The second-order valence-corrected chi connectivity index (χ2v) is 5.62. The van der Waals surface area contributed by atoms with Crippen LogP contribution < -0.4 is 4.74 Å². The van der Waals surface area contributed by atoms with Crippen LogP contribution in [0.1, 0.15) is 18.9 Å². The number of carbonyl (C=O) groups is 1. The van der Waals surface area contributed by atoms with E-state index in [0.717, 1.165) is 43.9 Å². The van der Waals surface area contributed by atoms with Crippen LogP contribution in [0, 0.1) is 0 Å². The molecule has 1 heterocycles. The monoisotopic (exact) mass is 306 g/mol. The lowest BCUT2D eigenvalue weighted by atomic mass is 10.1. The van der Waals surface area contributed by atoms with Gasteiger partial charge in [-0.05, 0) is 24.1 Å². The van der Waals surface area contributed by atoms with Crippen LogP contribution in [0.5, 0.6) is 5.75 Å². The zero-order valence-electron chi connectivity index (χ0n) is 13.3. The third kappa shape index (κ3) is 5.00. The molecule has 1 saturated heterocycles. The Labute approximate surface area is 132 Å². The van der Waals surface area contributed by atoms with E-state index in [1.165, 1.54) is 0 Å². The molecule has 0 spiro atoms. The van der Waals surface area contributed by atoms with E-state index in [4.69, 9.17) is 9.84 Å². The molecule has 1 aromatic carbocycles. The topological polar surface area (TPSA) is 53.0 Å². The molecule has 0 atom stereocenters. The number of benzene rings is 1. The van der Waals surface area contributed by atoms with Crippen molar-refractivity contribution in [2.24, 2.45) is 0 Å². The van der Waals surface area contributed by atoms with E-state index in [-0.39, 0.29) is 12.5 Å². The van der Waals surface area contributed by atoms with Crippen LogP contribution in [-0.4, -0.2) is 66.8 Å². The van der Waals surface area contributed by atoms with Gasteiger partial charge in [0, 0.05) is 32.7 Å². The SMILES string of the molecule is CCCOc1cccc(CC(=O)N2CCN(CCO)CC2)c1. The number of amides is 1. The van der Waals surface area contributed by atoms with Crippen LogP contribution in [0.3, 0.4) is 0 Å². The second kappa shape index (κ2) is 8.76. The van der Waals surface area contributed by atoms with Crippen molar-refractivity contribution in [1.29, 1.82) is 0 Å². The number of aliphatic hydroxyl groups excluding tert-OH is 1. The summed E-state index contributed by atoms with van der Waals surface area (Å²) in [6.45, 7) is 6.80. The van der Waals surface area contributed by atoms with Crippen molar-refractivity contribution in [3.05, 3.63) is 29.8 Å². The molecule has 1 amide bonds. The van der Waals surface area contributed by atoms with Crippen LogP contribution in [-0.2, 0) is 11.2 Å². The Hall–Kier alpha value is -1.59. The predicted molar refractivity (Wildman–Crippen MR) is 86.0 cm³/mol. The van der Waals surface area contributed by atoms with E-state index in [9.17, 15) is 4.79 Å². The fourth-order valence-electron chi connectivity index (χ4n) is 2.61. The zero-order chi connectivity index (χ0) is 15.8. The van der Waals surface area contributed by atoms with E-state index in [0.29, 0.717) is 19.6 Å². The van der Waals surface area contributed by atoms with Gasteiger partial charge in [-0.25, -0.2) is 0 Å². The first-order chi connectivity index (χ1) is 10.7.